The molecule has 1 aromatic heterocycles. The number of rotatable bonds is 7. The summed E-state index contributed by atoms with van der Waals surface area (Å²) in [6, 6.07) is 14.9. The molecular weight excluding hydrogens is 230 g/mol. The second kappa shape index (κ2) is 7.73. The average molecular weight is 254 g/mol. The quantitative estimate of drug-likeness (QED) is 0.507. The van der Waals surface area contributed by atoms with Crippen molar-refractivity contribution in [3.63, 3.8) is 0 Å². The Morgan fingerprint density at radius 3 is 2.42 bits per heavy atom. The number of hydrogen-bond donors (Lipinski definition) is 0. The van der Waals surface area contributed by atoms with Gasteiger partial charge in [-0.15, -0.1) is 0 Å². The van der Waals surface area contributed by atoms with Crippen LogP contribution < -0.4 is 4.57 Å². The van der Waals surface area contributed by atoms with Gasteiger partial charge in [0.15, 0.2) is 12.4 Å². The fraction of sp³-hybridized carbons (Fsp3) is 0.389. The minimum absolute atomic E-state index is 1.19. The molecule has 100 valence electrons. The standard InChI is InChI=1S/C18H24N/c1-2-3-4-5-7-11-17-12-10-15-19(16-17)18-13-8-6-9-14-18/h6,8-10,12-16H,2-5,7,11H2,1H3/q+1. The molecule has 0 N–H and O–H groups in total. The maximum absolute atomic E-state index is 2.26. The molecule has 0 atom stereocenters. The normalized spacial score (nSPS) is 10.6. The highest BCUT2D eigenvalue weighted by Crippen LogP contribution is 2.08. The van der Waals surface area contributed by atoms with Gasteiger partial charge in [0.2, 0.25) is 5.69 Å². The largest absolute Gasteiger partial charge is 0.210 e. The fourth-order valence-electron chi connectivity index (χ4n) is 2.37. The summed E-state index contributed by atoms with van der Waals surface area (Å²) in [6.45, 7) is 2.26. The molecule has 19 heavy (non-hydrogen) atoms. The molecule has 0 amide bonds. The molecule has 2 rings (SSSR count). The predicted molar refractivity (Wildman–Crippen MR) is 80.4 cm³/mol. The first kappa shape index (κ1) is 13.8. The van der Waals surface area contributed by atoms with Gasteiger partial charge in [-0.3, -0.25) is 0 Å². The van der Waals surface area contributed by atoms with Crippen LogP contribution in [0.15, 0.2) is 54.9 Å². The Hall–Kier alpha value is -1.63. The van der Waals surface area contributed by atoms with Crippen LogP contribution in [0.25, 0.3) is 5.69 Å². The Balaban J connectivity index is 1.92. The third-order valence-electron chi connectivity index (χ3n) is 3.49. The predicted octanol–water partition coefficient (Wildman–Crippen LogP) is 4.48. The van der Waals surface area contributed by atoms with E-state index in [1.54, 1.807) is 0 Å². The lowest BCUT2D eigenvalue weighted by atomic mass is 10.1. The Morgan fingerprint density at radius 1 is 0.842 bits per heavy atom. The Kier molecular flexibility index (Phi) is 5.61. The number of aromatic nitrogens is 1. The number of benzene rings is 1. The monoisotopic (exact) mass is 254 g/mol. The third-order valence-corrected chi connectivity index (χ3v) is 3.49. The third kappa shape index (κ3) is 4.51. The smallest absolute Gasteiger partial charge is 0.167 e. The van der Waals surface area contributed by atoms with E-state index in [2.05, 4.69) is 66.3 Å². The SMILES string of the molecule is CCCCCCCc1ccc[n+](-c2ccccc2)c1. The van der Waals surface area contributed by atoms with Gasteiger partial charge < -0.3 is 0 Å². The van der Waals surface area contributed by atoms with E-state index in [0.29, 0.717) is 0 Å². The summed E-state index contributed by atoms with van der Waals surface area (Å²) in [6.07, 6.45) is 12.3. The first-order valence-electron chi connectivity index (χ1n) is 7.46. The van der Waals surface area contributed by atoms with Crippen LogP contribution in [0.4, 0.5) is 0 Å². The molecule has 0 unspecified atom stereocenters. The zero-order valence-corrected chi connectivity index (χ0v) is 11.9. The molecule has 1 nitrogen and oxygen atoms in total. The number of pyridine rings is 1. The van der Waals surface area contributed by atoms with Gasteiger partial charge in [0, 0.05) is 23.8 Å². The van der Waals surface area contributed by atoms with E-state index in [4.69, 9.17) is 0 Å². The van der Waals surface area contributed by atoms with E-state index in [1.807, 2.05) is 0 Å². The summed E-state index contributed by atoms with van der Waals surface area (Å²) < 4.78 is 2.21. The van der Waals surface area contributed by atoms with Gasteiger partial charge >= 0.3 is 0 Å². The van der Waals surface area contributed by atoms with Crippen molar-refractivity contribution in [3.8, 4) is 5.69 Å². The summed E-state index contributed by atoms with van der Waals surface area (Å²) in [5.74, 6) is 0. The van der Waals surface area contributed by atoms with E-state index in [0.717, 1.165) is 0 Å². The maximum Gasteiger partial charge on any atom is 0.210 e. The van der Waals surface area contributed by atoms with Crippen molar-refractivity contribution in [1.29, 1.82) is 0 Å². The van der Waals surface area contributed by atoms with Gasteiger partial charge in [0.25, 0.3) is 0 Å². The summed E-state index contributed by atoms with van der Waals surface area (Å²) in [4.78, 5) is 0. The molecule has 0 saturated heterocycles. The van der Waals surface area contributed by atoms with Crippen molar-refractivity contribution < 1.29 is 4.57 Å². The van der Waals surface area contributed by atoms with Crippen LogP contribution in [-0.2, 0) is 6.42 Å². The molecule has 0 saturated carbocycles. The highest BCUT2D eigenvalue weighted by Gasteiger charge is 2.05. The highest BCUT2D eigenvalue weighted by atomic mass is 14.9. The molecule has 0 radical (unpaired) electrons. The average Bonchev–Trinajstić information content (AvgIpc) is 2.48. The zero-order chi connectivity index (χ0) is 13.3. The van der Waals surface area contributed by atoms with Crippen LogP contribution in [-0.4, -0.2) is 0 Å². The Morgan fingerprint density at radius 2 is 1.63 bits per heavy atom. The summed E-state index contributed by atoms with van der Waals surface area (Å²) in [7, 11) is 0. The van der Waals surface area contributed by atoms with Crippen molar-refractivity contribution >= 4 is 0 Å². The summed E-state index contributed by atoms with van der Waals surface area (Å²) in [5, 5.41) is 0. The van der Waals surface area contributed by atoms with Gasteiger partial charge in [0.05, 0.1) is 0 Å². The second-order valence-electron chi connectivity index (χ2n) is 5.12. The van der Waals surface area contributed by atoms with E-state index in [-0.39, 0.29) is 0 Å². The van der Waals surface area contributed by atoms with Crippen LogP contribution in [0.2, 0.25) is 0 Å². The van der Waals surface area contributed by atoms with Gasteiger partial charge in [-0.05, 0) is 18.9 Å². The number of unbranched alkanes of at least 4 members (excludes halogenated alkanes) is 4. The van der Waals surface area contributed by atoms with Crippen LogP contribution in [0, 0.1) is 0 Å². The first-order chi connectivity index (χ1) is 9.40. The molecule has 0 aliphatic rings. The molecule has 1 heterocycles. The number of aryl methyl sites for hydroxylation is 1. The van der Waals surface area contributed by atoms with E-state index in [9.17, 15) is 0 Å². The fourth-order valence-corrected chi connectivity index (χ4v) is 2.37. The second-order valence-corrected chi connectivity index (χ2v) is 5.12. The number of para-hydroxylation sites is 1. The topological polar surface area (TPSA) is 3.88 Å². The lowest BCUT2D eigenvalue weighted by Crippen LogP contribution is -2.29. The molecule has 0 aliphatic heterocycles. The van der Waals surface area contributed by atoms with Gasteiger partial charge in [-0.25, -0.2) is 0 Å². The molecule has 0 spiro atoms. The van der Waals surface area contributed by atoms with Crippen LogP contribution >= 0.6 is 0 Å². The van der Waals surface area contributed by atoms with Crippen molar-refractivity contribution in [3.05, 3.63) is 60.4 Å². The Bertz CT molecular complexity index is 476. The lowest BCUT2D eigenvalue weighted by Gasteiger charge is -2.01. The molecule has 0 aliphatic carbocycles. The highest BCUT2D eigenvalue weighted by molar-refractivity contribution is 5.22. The van der Waals surface area contributed by atoms with Crippen LogP contribution in [0.5, 0.6) is 0 Å². The van der Waals surface area contributed by atoms with Gasteiger partial charge in [-0.2, -0.15) is 4.57 Å². The first-order valence-corrected chi connectivity index (χ1v) is 7.46. The van der Waals surface area contributed by atoms with Crippen molar-refractivity contribution in [2.45, 2.75) is 45.4 Å². The molecule has 2 aromatic rings. The van der Waals surface area contributed by atoms with E-state index in [1.165, 1.54) is 49.8 Å². The molecular formula is C18H24N+. The summed E-state index contributed by atoms with van der Waals surface area (Å²) >= 11 is 0. The summed E-state index contributed by atoms with van der Waals surface area (Å²) in [5.41, 5.74) is 2.66. The lowest BCUT2D eigenvalue weighted by molar-refractivity contribution is -0.596. The Labute approximate surface area is 116 Å². The molecule has 0 fully saturated rings. The van der Waals surface area contributed by atoms with Crippen LogP contribution in [0.1, 0.15) is 44.6 Å². The van der Waals surface area contributed by atoms with Crippen molar-refractivity contribution in [2.75, 3.05) is 0 Å². The van der Waals surface area contributed by atoms with Crippen molar-refractivity contribution in [2.24, 2.45) is 0 Å². The van der Waals surface area contributed by atoms with Crippen LogP contribution in [0.3, 0.4) is 0 Å². The number of nitrogens with zero attached hydrogens (tertiary/aromatic N) is 1. The molecule has 1 aromatic carbocycles. The van der Waals surface area contributed by atoms with Gasteiger partial charge in [0.1, 0.15) is 0 Å². The maximum atomic E-state index is 2.26. The minimum Gasteiger partial charge on any atom is -0.167 e. The minimum atomic E-state index is 1.19. The van der Waals surface area contributed by atoms with Crippen molar-refractivity contribution in [1.82, 2.24) is 0 Å². The molecule has 1 heteroatoms. The van der Waals surface area contributed by atoms with E-state index < -0.39 is 0 Å². The van der Waals surface area contributed by atoms with Gasteiger partial charge in [-0.1, -0.05) is 50.8 Å². The zero-order valence-electron chi connectivity index (χ0n) is 11.9. The number of hydrogen-bond acceptors (Lipinski definition) is 0. The van der Waals surface area contributed by atoms with E-state index >= 15 is 0 Å². The molecule has 0 bridgehead atoms.